The molecule has 0 aromatic heterocycles. The first kappa shape index (κ1) is 34.6. The van der Waals surface area contributed by atoms with Crippen LogP contribution < -0.4 is 10.0 Å². The molecule has 3 amide bonds. The molecule has 0 radical (unpaired) electrons. The minimum absolute atomic E-state index is 0.0155. The van der Waals surface area contributed by atoms with Crippen molar-refractivity contribution in [1.29, 1.82) is 0 Å². The van der Waals surface area contributed by atoms with E-state index in [1.54, 1.807) is 35.2 Å². The van der Waals surface area contributed by atoms with E-state index in [1.807, 2.05) is 23.8 Å². The zero-order valence-corrected chi connectivity index (χ0v) is 26.8. The summed E-state index contributed by atoms with van der Waals surface area (Å²) in [6.07, 6.45) is 6.81. The summed E-state index contributed by atoms with van der Waals surface area (Å²) in [6.45, 7) is 4.35. The van der Waals surface area contributed by atoms with E-state index in [1.165, 1.54) is 32.3 Å². The molecule has 43 heavy (non-hydrogen) atoms. The maximum Gasteiger partial charge on any atom is 0.264 e. The first-order valence-corrected chi connectivity index (χ1v) is 17.2. The van der Waals surface area contributed by atoms with Crippen molar-refractivity contribution < 1.29 is 27.9 Å². The molecule has 236 valence electrons. The van der Waals surface area contributed by atoms with Crippen molar-refractivity contribution in [2.24, 2.45) is 5.92 Å². The minimum atomic E-state index is -4.22. The van der Waals surface area contributed by atoms with Gasteiger partial charge < -0.3 is 15.3 Å². The Balaban J connectivity index is 1.67. The number of hydrogen-bond donors (Lipinski definition) is 4. The van der Waals surface area contributed by atoms with Crippen LogP contribution in [0.25, 0.3) is 11.1 Å². The number of aliphatic hydroxyl groups is 1. The van der Waals surface area contributed by atoms with Gasteiger partial charge in [-0.1, -0.05) is 75.1 Å². The monoisotopic (exact) mass is 631 g/mol. The minimum Gasteiger partial charge on any atom is -0.384 e. The second kappa shape index (κ2) is 16.8. The van der Waals surface area contributed by atoms with Gasteiger partial charge in [0.25, 0.3) is 15.9 Å². The van der Waals surface area contributed by atoms with Gasteiger partial charge in [-0.15, -0.1) is 0 Å². The second-order valence-electron chi connectivity index (χ2n) is 11.3. The Labute approximate surface area is 261 Å². The molecule has 2 atom stereocenters. The van der Waals surface area contributed by atoms with Crippen molar-refractivity contribution in [3.05, 3.63) is 54.1 Å². The number of hydrogen-bond acceptors (Lipinski definition) is 7. The lowest BCUT2D eigenvalue weighted by molar-refractivity contribution is -0.132. The molecule has 0 saturated heterocycles. The number of amides is 3. The van der Waals surface area contributed by atoms with Crippen molar-refractivity contribution in [2.45, 2.75) is 94.4 Å². The Hall–Kier alpha value is -2.89. The Morgan fingerprint density at radius 1 is 1.02 bits per heavy atom. The van der Waals surface area contributed by atoms with Crippen LogP contribution in [0, 0.1) is 5.92 Å². The average Bonchev–Trinajstić information content (AvgIpc) is 3.01. The Morgan fingerprint density at radius 2 is 1.70 bits per heavy atom. The second-order valence-corrected chi connectivity index (χ2v) is 13.6. The van der Waals surface area contributed by atoms with Crippen molar-refractivity contribution >= 4 is 40.4 Å². The van der Waals surface area contributed by atoms with Crippen LogP contribution in [0.5, 0.6) is 0 Å². The number of carbonyl (C=O) groups excluding carboxylic acids is 3. The molecule has 0 bridgehead atoms. The van der Waals surface area contributed by atoms with Gasteiger partial charge in [-0.05, 0) is 49.3 Å². The van der Waals surface area contributed by atoms with Crippen LogP contribution in [-0.4, -0.2) is 60.6 Å². The molecule has 0 unspecified atom stereocenters. The Kier molecular flexibility index (Phi) is 13.5. The van der Waals surface area contributed by atoms with Gasteiger partial charge in [0.15, 0.2) is 0 Å². The molecule has 1 fully saturated rings. The highest BCUT2D eigenvalue weighted by atomic mass is 32.2. The van der Waals surface area contributed by atoms with E-state index in [0.717, 1.165) is 31.2 Å². The van der Waals surface area contributed by atoms with Crippen molar-refractivity contribution in [3.63, 3.8) is 0 Å². The van der Waals surface area contributed by atoms with Gasteiger partial charge in [0, 0.05) is 43.3 Å². The van der Waals surface area contributed by atoms with Gasteiger partial charge >= 0.3 is 0 Å². The van der Waals surface area contributed by atoms with Crippen LogP contribution in [-0.2, 0) is 31.0 Å². The fraction of sp³-hybridized carbons (Fsp3) is 0.531. The van der Waals surface area contributed by atoms with E-state index in [-0.39, 0.29) is 28.4 Å². The lowest BCUT2D eigenvalue weighted by atomic mass is 9.86. The zero-order chi connectivity index (χ0) is 31.4. The lowest BCUT2D eigenvalue weighted by Gasteiger charge is -2.27. The largest absolute Gasteiger partial charge is 0.384 e. The van der Waals surface area contributed by atoms with Crippen LogP contribution >= 0.6 is 12.6 Å². The fourth-order valence-electron chi connectivity index (χ4n) is 5.23. The summed E-state index contributed by atoms with van der Waals surface area (Å²) in [5.74, 6) is -0.596. The van der Waals surface area contributed by atoms with E-state index in [2.05, 4.69) is 5.32 Å². The molecule has 0 spiro atoms. The molecule has 3 rings (SSSR count). The Morgan fingerprint density at radius 3 is 2.35 bits per heavy atom. The van der Waals surface area contributed by atoms with E-state index in [4.69, 9.17) is 12.6 Å². The first-order chi connectivity index (χ1) is 20.5. The SMILES string of the molecule is CCCCC(=O)N(CCC(=O)NC[C@H](S)C1CCCCC1)Cc1ccc(-c2ccccc2S(=O)(=O)NC(=O)[C@H](C)O)cc1. The van der Waals surface area contributed by atoms with Crippen LogP contribution in [0.2, 0.25) is 0 Å². The molecule has 2 aromatic carbocycles. The van der Waals surface area contributed by atoms with Crippen molar-refractivity contribution in [1.82, 2.24) is 14.9 Å². The highest BCUT2D eigenvalue weighted by Crippen LogP contribution is 2.29. The third-order valence-electron chi connectivity index (χ3n) is 7.84. The number of rotatable bonds is 15. The smallest absolute Gasteiger partial charge is 0.264 e. The summed E-state index contributed by atoms with van der Waals surface area (Å²) >= 11 is 4.73. The van der Waals surface area contributed by atoms with E-state index < -0.39 is 22.0 Å². The highest BCUT2D eigenvalue weighted by Gasteiger charge is 2.24. The summed E-state index contributed by atoms with van der Waals surface area (Å²) < 4.78 is 27.7. The molecule has 11 heteroatoms. The van der Waals surface area contributed by atoms with Crippen molar-refractivity contribution in [2.75, 3.05) is 13.1 Å². The molecule has 0 aliphatic heterocycles. The number of thiol groups is 1. The van der Waals surface area contributed by atoms with E-state index >= 15 is 0 Å². The average molecular weight is 632 g/mol. The van der Waals surface area contributed by atoms with Gasteiger partial charge in [-0.3, -0.25) is 14.4 Å². The number of nitrogens with zero attached hydrogens (tertiary/aromatic N) is 1. The number of nitrogens with one attached hydrogen (secondary N) is 2. The third-order valence-corrected chi connectivity index (χ3v) is 9.85. The quantitative estimate of drug-likeness (QED) is 0.215. The van der Waals surface area contributed by atoms with Gasteiger partial charge in [0.05, 0.1) is 4.90 Å². The molecule has 0 heterocycles. The van der Waals surface area contributed by atoms with Gasteiger partial charge in [0.2, 0.25) is 11.8 Å². The number of aliphatic hydroxyl groups excluding tert-OH is 1. The molecule has 9 nitrogen and oxygen atoms in total. The first-order valence-electron chi connectivity index (χ1n) is 15.2. The molecule has 1 aliphatic carbocycles. The molecular formula is C32H45N3O6S2. The molecular weight excluding hydrogens is 587 g/mol. The number of sulfonamides is 1. The standard InChI is InChI=1S/C32H45N3O6S2/c1-3-4-14-31(38)35(20-19-30(37)33-21-28(42)26-10-6-5-7-11-26)22-24-15-17-25(18-16-24)27-12-8-9-13-29(27)43(40,41)34-32(39)23(2)36/h8-9,12-13,15-18,23,26,28,36,42H,3-7,10-11,14,19-22H2,1-2H3,(H,33,37)(H,34,39)/t23-,28-/m0/s1. The summed E-state index contributed by atoms with van der Waals surface area (Å²) in [4.78, 5) is 39.2. The van der Waals surface area contributed by atoms with Crippen LogP contribution in [0.4, 0.5) is 0 Å². The molecule has 1 aliphatic rings. The lowest BCUT2D eigenvalue weighted by Crippen LogP contribution is -2.37. The van der Waals surface area contributed by atoms with Gasteiger partial charge in [0.1, 0.15) is 6.10 Å². The van der Waals surface area contributed by atoms with E-state index in [0.29, 0.717) is 43.1 Å². The van der Waals surface area contributed by atoms with Crippen LogP contribution in [0.3, 0.4) is 0 Å². The highest BCUT2D eigenvalue weighted by molar-refractivity contribution is 7.90. The van der Waals surface area contributed by atoms with Gasteiger partial charge in [-0.25, -0.2) is 13.1 Å². The van der Waals surface area contributed by atoms with Crippen molar-refractivity contribution in [3.8, 4) is 11.1 Å². The number of carbonyl (C=O) groups is 3. The van der Waals surface area contributed by atoms with E-state index in [9.17, 15) is 27.9 Å². The Bertz CT molecular complexity index is 1320. The van der Waals surface area contributed by atoms with Crippen LogP contribution in [0.15, 0.2) is 53.4 Å². The predicted molar refractivity (Wildman–Crippen MR) is 171 cm³/mol. The van der Waals surface area contributed by atoms with Crippen LogP contribution in [0.1, 0.15) is 77.2 Å². The molecule has 3 N–H and O–H groups in total. The van der Waals surface area contributed by atoms with Gasteiger partial charge in [-0.2, -0.15) is 12.6 Å². The summed E-state index contributed by atoms with van der Waals surface area (Å²) in [7, 11) is -4.22. The summed E-state index contributed by atoms with van der Waals surface area (Å²) in [6, 6.07) is 13.5. The normalized spacial score (nSPS) is 15.3. The number of benzene rings is 2. The molecule has 2 aromatic rings. The number of unbranched alkanes of at least 4 members (excludes halogenated alkanes) is 1. The topological polar surface area (TPSA) is 133 Å². The maximum absolute atomic E-state index is 13.0. The maximum atomic E-state index is 13.0. The predicted octanol–water partition coefficient (Wildman–Crippen LogP) is 4.44. The summed E-state index contributed by atoms with van der Waals surface area (Å²) in [5.41, 5.74) is 1.84. The zero-order valence-electron chi connectivity index (χ0n) is 25.1. The third kappa shape index (κ3) is 10.7. The molecule has 1 saturated carbocycles. The fourth-order valence-corrected chi connectivity index (χ4v) is 6.90. The summed E-state index contributed by atoms with van der Waals surface area (Å²) in [5, 5.41) is 12.6.